The van der Waals surface area contributed by atoms with Crippen LogP contribution in [0.1, 0.15) is 47.3 Å². The number of fused-ring (bicyclic) bond motifs is 1. The summed E-state index contributed by atoms with van der Waals surface area (Å²) in [4.78, 5) is 17.5. The number of amides is 1. The Morgan fingerprint density at radius 1 is 1.32 bits per heavy atom. The molecule has 1 aromatic heterocycles. The summed E-state index contributed by atoms with van der Waals surface area (Å²) < 4.78 is 0. The predicted octanol–water partition coefficient (Wildman–Crippen LogP) is 3.16. The van der Waals surface area contributed by atoms with E-state index in [2.05, 4.69) is 24.9 Å². The molecule has 0 aliphatic heterocycles. The van der Waals surface area contributed by atoms with Crippen molar-refractivity contribution in [1.82, 2.24) is 9.88 Å². The van der Waals surface area contributed by atoms with E-state index >= 15 is 0 Å². The summed E-state index contributed by atoms with van der Waals surface area (Å²) in [5.74, 6) is -0.0615. The van der Waals surface area contributed by atoms with Crippen LogP contribution in [-0.2, 0) is 0 Å². The first-order valence-corrected chi connectivity index (χ1v) is 7.96. The van der Waals surface area contributed by atoms with Crippen molar-refractivity contribution in [1.29, 1.82) is 0 Å². The van der Waals surface area contributed by atoms with Gasteiger partial charge in [0.15, 0.2) is 0 Å². The summed E-state index contributed by atoms with van der Waals surface area (Å²) in [6.45, 7) is 4.55. The first-order valence-electron chi connectivity index (χ1n) is 7.96. The van der Waals surface area contributed by atoms with Crippen LogP contribution in [0.15, 0.2) is 18.2 Å². The Morgan fingerprint density at radius 2 is 2.00 bits per heavy atom. The molecule has 1 heterocycles. The number of aliphatic hydroxyl groups is 1. The van der Waals surface area contributed by atoms with Gasteiger partial charge in [0.1, 0.15) is 5.69 Å². The van der Waals surface area contributed by atoms with Crippen LogP contribution in [0.3, 0.4) is 0 Å². The van der Waals surface area contributed by atoms with Gasteiger partial charge in [-0.1, -0.05) is 18.9 Å². The fraction of sp³-hybridized carbons (Fsp3) is 0.500. The van der Waals surface area contributed by atoms with Crippen molar-refractivity contribution < 1.29 is 9.90 Å². The Labute approximate surface area is 131 Å². The molecule has 1 aromatic carbocycles. The Balaban J connectivity index is 1.84. The summed E-state index contributed by atoms with van der Waals surface area (Å²) in [5.41, 5.74) is 3.29. The van der Waals surface area contributed by atoms with Crippen LogP contribution in [0.2, 0.25) is 0 Å². The second kappa shape index (κ2) is 5.43. The standard InChI is InChI=1S/C18H24N2O2/c1-12-6-7-15-14(13(12)2)10-16(19-15)17(21)20(3)11-18(22)8-4-5-9-18/h6-7,10,19,22H,4-5,8-9,11H2,1-3H3. The Bertz CT molecular complexity index is 711. The third-order valence-corrected chi connectivity index (χ3v) is 4.99. The second-order valence-electron chi connectivity index (χ2n) is 6.74. The Hall–Kier alpha value is -1.81. The van der Waals surface area contributed by atoms with Gasteiger partial charge in [-0.2, -0.15) is 0 Å². The van der Waals surface area contributed by atoms with Crippen molar-refractivity contribution in [2.24, 2.45) is 0 Å². The molecular weight excluding hydrogens is 276 g/mol. The molecule has 22 heavy (non-hydrogen) atoms. The van der Waals surface area contributed by atoms with Crippen LogP contribution in [0, 0.1) is 13.8 Å². The molecule has 2 N–H and O–H groups in total. The minimum absolute atomic E-state index is 0.0615. The molecule has 1 aliphatic carbocycles. The van der Waals surface area contributed by atoms with Crippen LogP contribution < -0.4 is 0 Å². The third-order valence-electron chi connectivity index (χ3n) is 4.99. The molecule has 3 rings (SSSR count). The topological polar surface area (TPSA) is 56.3 Å². The van der Waals surface area contributed by atoms with E-state index in [1.807, 2.05) is 12.1 Å². The van der Waals surface area contributed by atoms with Gasteiger partial charge in [0.25, 0.3) is 5.91 Å². The lowest BCUT2D eigenvalue weighted by molar-refractivity contribution is 0.0155. The number of rotatable bonds is 3. The largest absolute Gasteiger partial charge is 0.388 e. The summed E-state index contributed by atoms with van der Waals surface area (Å²) in [5, 5.41) is 11.6. The van der Waals surface area contributed by atoms with E-state index in [0.29, 0.717) is 12.2 Å². The Kier molecular flexibility index (Phi) is 3.73. The number of aromatic nitrogens is 1. The molecule has 1 saturated carbocycles. The van der Waals surface area contributed by atoms with E-state index in [4.69, 9.17) is 0 Å². The normalized spacial score (nSPS) is 17.1. The Morgan fingerprint density at radius 3 is 2.68 bits per heavy atom. The molecule has 0 unspecified atom stereocenters. The van der Waals surface area contributed by atoms with Crippen molar-refractivity contribution in [3.63, 3.8) is 0 Å². The molecule has 2 aromatic rings. The lowest BCUT2D eigenvalue weighted by Gasteiger charge is -2.28. The number of carbonyl (C=O) groups excluding carboxylic acids is 1. The molecule has 1 aliphatic rings. The summed E-state index contributed by atoms with van der Waals surface area (Å²) in [7, 11) is 1.77. The molecule has 118 valence electrons. The third kappa shape index (κ3) is 2.63. The van der Waals surface area contributed by atoms with Crippen LogP contribution in [0.4, 0.5) is 0 Å². The van der Waals surface area contributed by atoms with E-state index in [1.165, 1.54) is 11.1 Å². The van der Waals surface area contributed by atoms with Gasteiger partial charge in [0, 0.05) is 24.5 Å². The molecule has 4 nitrogen and oxygen atoms in total. The SMILES string of the molecule is Cc1ccc2[nH]c(C(=O)N(C)CC3(O)CCCC3)cc2c1C. The summed E-state index contributed by atoms with van der Waals surface area (Å²) in [6.07, 6.45) is 3.66. The van der Waals surface area contributed by atoms with Gasteiger partial charge in [0.2, 0.25) is 0 Å². The minimum Gasteiger partial charge on any atom is -0.388 e. The quantitative estimate of drug-likeness (QED) is 0.915. The average Bonchev–Trinajstić information content (AvgIpc) is 3.09. The van der Waals surface area contributed by atoms with Gasteiger partial charge in [-0.15, -0.1) is 0 Å². The summed E-state index contributed by atoms with van der Waals surface area (Å²) in [6, 6.07) is 6.00. The maximum atomic E-state index is 12.6. The van der Waals surface area contributed by atoms with Gasteiger partial charge in [0.05, 0.1) is 5.60 Å². The number of H-pyrrole nitrogens is 1. The zero-order valence-corrected chi connectivity index (χ0v) is 13.6. The first-order chi connectivity index (χ1) is 10.4. The molecule has 0 saturated heterocycles. The van der Waals surface area contributed by atoms with Crippen molar-refractivity contribution in [3.8, 4) is 0 Å². The maximum absolute atomic E-state index is 12.6. The van der Waals surface area contributed by atoms with Gasteiger partial charge in [-0.3, -0.25) is 4.79 Å². The van der Waals surface area contributed by atoms with Crippen LogP contribution in [-0.4, -0.2) is 40.1 Å². The van der Waals surface area contributed by atoms with Crippen molar-refractivity contribution in [2.75, 3.05) is 13.6 Å². The number of likely N-dealkylation sites (N-methyl/N-ethyl adjacent to an activating group) is 1. The lowest BCUT2D eigenvalue weighted by atomic mass is 10.0. The van der Waals surface area contributed by atoms with Gasteiger partial charge >= 0.3 is 0 Å². The zero-order chi connectivity index (χ0) is 15.9. The number of hydrogen-bond acceptors (Lipinski definition) is 2. The number of aromatic amines is 1. The smallest absolute Gasteiger partial charge is 0.270 e. The van der Waals surface area contributed by atoms with Gasteiger partial charge < -0.3 is 15.0 Å². The monoisotopic (exact) mass is 300 g/mol. The molecule has 1 fully saturated rings. The number of aryl methyl sites for hydroxylation is 2. The number of nitrogens with zero attached hydrogens (tertiary/aromatic N) is 1. The highest BCUT2D eigenvalue weighted by molar-refractivity contribution is 5.99. The zero-order valence-electron chi connectivity index (χ0n) is 13.6. The van der Waals surface area contributed by atoms with Crippen molar-refractivity contribution in [3.05, 3.63) is 35.0 Å². The number of hydrogen-bond donors (Lipinski definition) is 2. The van der Waals surface area contributed by atoms with Crippen LogP contribution in [0.25, 0.3) is 10.9 Å². The van der Waals surface area contributed by atoms with E-state index < -0.39 is 5.60 Å². The lowest BCUT2D eigenvalue weighted by Crippen LogP contribution is -2.42. The first kappa shape index (κ1) is 15.1. The highest BCUT2D eigenvalue weighted by atomic mass is 16.3. The molecule has 1 amide bonds. The minimum atomic E-state index is -0.705. The number of carbonyl (C=O) groups is 1. The molecule has 0 atom stereocenters. The fourth-order valence-corrected chi connectivity index (χ4v) is 3.48. The predicted molar refractivity (Wildman–Crippen MR) is 88.2 cm³/mol. The van der Waals surface area contributed by atoms with Crippen molar-refractivity contribution in [2.45, 2.75) is 45.1 Å². The highest BCUT2D eigenvalue weighted by Gasteiger charge is 2.33. The highest BCUT2D eigenvalue weighted by Crippen LogP contribution is 2.30. The molecule has 0 spiro atoms. The van der Waals surface area contributed by atoms with Gasteiger partial charge in [-0.05, 0) is 49.9 Å². The van der Waals surface area contributed by atoms with E-state index in [0.717, 1.165) is 36.6 Å². The average molecular weight is 300 g/mol. The van der Waals surface area contributed by atoms with E-state index in [1.54, 1.807) is 11.9 Å². The number of nitrogens with one attached hydrogen (secondary N) is 1. The van der Waals surface area contributed by atoms with Crippen molar-refractivity contribution >= 4 is 16.8 Å². The number of benzene rings is 1. The molecule has 4 heteroatoms. The maximum Gasteiger partial charge on any atom is 0.270 e. The van der Waals surface area contributed by atoms with Gasteiger partial charge in [-0.25, -0.2) is 0 Å². The molecular formula is C18H24N2O2. The van der Waals surface area contributed by atoms with Crippen LogP contribution in [0.5, 0.6) is 0 Å². The van der Waals surface area contributed by atoms with E-state index in [9.17, 15) is 9.90 Å². The van der Waals surface area contributed by atoms with E-state index in [-0.39, 0.29) is 5.91 Å². The molecule has 0 radical (unpaired) electrons. The fourth-order valence-electron chi connectivity index (χ4n) is 3.48. The molecule has 0 bridgehead atoms. The van der Waals surface area contributed by atoms with Crippen LogP contribution >= 0.6 is 0 Å². The summed E-state index contributed by atoms with van der Waals surface area (Å²) >= 11 is 0. The second-order valence-corrected chi connectivity index (χ2v) is 6.74.